The zero-order valence-corrected chi connectivity index (χ0v) is 13.2. The highest BCUT2D eigenvalue weighted by atomic mass is 35.5. The van der Waals surface area contributed by atoms with E-state index in [0.717, 1.165) is 0 Å². The molecule has 0 saturated heterocycles. The minimum absolute atomic E-state index is 0.123. The monoisotopic (exact) mass is 328 g/mol. The Hall–Kier alpha value is -1.36. The van der Waals surface area contributed by atoms with E-state index >= 15 is 0 Å². The first-order valence-corrected chi connectivity index (χ1v) is 7.22. The number of hydrogen-bond donors (Lipinski definition) is 1. The molecule has 0 amide bonds. The van der Waals surface area contributed by atoms with Crippen LogP contribution < -0.4 is 10.1 Å². The van der Waals surface area contributed by atoms with E-state index in [4.69, 9.17) is 27.9 Å². The normalized spacial score (nSPS) is 11.0. The third-order valence-corrected chi connectivity index (χ3v) is 3.29. The fourth-order valence-corrected chi connectivity index (χ4v) is 1.96. The van der Waals surface area contributed by atoms with Crippen molar-refractivity contribution in [2.45, 2.75) is 26.4 Å². The van der Waals surface area contributed by atoms with Crippen molar-refractivity contribution in [3.63, 3.8) is 0 Å². The Kier molecular flexibility index (Phi) is 5.39. The van der Waals surface area contributed by atoms with Crippen LogP contribution in [-0.2, 0) is 6.54 Å². The summed E-state index contributed by atoms with van der Waals surface area (Å²) in [5, 5.41) is 3.93. The summed E-state index contributed by atoms with van der Waals surface area (Å²) in [6.45, 7) is 4.37. The molecule has 3 nitrogen and oxygen atoms in total. The van der Waals surface area contributed by atoms with Crippen LogP contribution >= 0.6 is 23.2 Å². The second-order valence-corrected chi connectivity index (χ2v) is 5.65. The molecule has 112 valence electrons. The van der Waals surface area contributed by atoms with E-state index in [2.05, 4.69) is 10.3 Å². The summed E-state index contributed by atoms with van der Waals surface area (Å²) < 4.78 is 19.8. The maximum Gasteiger partial charge on any atom is 0.256 e. The van der Waals surface area contributed by atoms with Crippen molar-refractivity contribution in [2.75, 3.05) is 0 Å². The van der Waals surface area contributed by atoms with Gasteiger partial charge in [-0.1, -0.05) is 37.0 Å². The number of halogens is 3. The van der Waals surface area contributed by atoms with Gasteiger partial charge in [0.25, 0.3) is 5.88 Å². The number of aromatic nitrogens is 1. The van der Waals surface area contributed by atoms with Gasteiger partial charge in [-0.25, -0.2) is 9.37 Å². The quantitative estimate of drug-likeness (QED) is 0.854. The van der Waals surface area contributed by atoms with Crippen molar-refractivity contribution in [1.29, 1.82) is 0 Å². The summed E-state index contributed by atoms with van der Waals surface area (Å²) in [4.78, 5) is 3.91. The zero-order chi connectivity index (χ0) is 15.4. The van der Waals surface area contributed by atoms with Gasteiger partial charge in [0.15, 0.2) is 5.82 Å². The third kappa shape index (κ3) is 4.30. The maximum atomic E-state index is 14.3. The molecule has 0 aliphatic carbocycles. The first kappa shape index (κ1) is 16.0. The van der Waals surface area contributed by atoms with Crippen molar-refractivity contribution < 1.29 is 9.13 Å². The third-order valence-electron chi connectivity index (χ3n) is 2.74. The number of nitrogens with one attached hydrogen (secondary N) is 1. The maximum absolute atomic E-state index is 14.3. The Morgan fingerprint density at radius 2 is 2.05 bits per heavy atom. The van der Waals surface area contributed by atoms with Crippen LogP contribution in [0.1, 0.15) is 19.4 Å². The molecular formula is C15H15Cl2FN2O. The largest absolute Gasteiger partial charge is 0.435 e. The molecule has 0 aliphatic heterocycles. The molecule has 21 heavy (non-hydrogen) atoms. The molecule has 1 heterocycles. The van der Waals surface area contributed by atoms with Crippen LogP contribution in [0.2, 0.25) is 10.0 Å². The van der Waals surface area contributed by atoms with Crippen molar-refractivity contribution in [3.05, 3.63) is 51.9 Å². The van der Waals surface area contributed by atoms with E-state index in [9.17, 15) is 4.39 Å². The summed E-state index contributed by atoms with van der Waals surface area (Å²) >= 11 is 11.9. The number of pyridine rings is 1. The lowest BCUT2D eigenvalue weighted by Crippen LogP contribution is -2.22. The molecule has 2 aromatic rings. The number of ether oxygens (including phenoxy) is 1. The average molecular weight is 329 g/mol. The molecule has 0 saturated carbocycles. The summed E-state index contributed by atoms with van der Waals surface area (Å²) in [7, 11) is 0. The molecule has 0 radical (unpaired) electrons. The van der Waals surface area contributed by atoms with Gasteiger partial charge in [-0.05, 0) is 18.2 Å². The van der Waals surface area contributed by atoms with Crippen LogP contribution in [0.4, 0.5) is 4.39 Å². The van der Waals surface area contributed by atoms with Crippen LogP contribution in [0.3, 0.4) is 0 Å². The van der Waals surface area contributed by atoms with E-state index in [1.54, 1.807) is 18.2 Å². The van der Waals surface area contributed by atoms with Crippen molar-refractivity contribution >= 4 is 23.2 Å². The molecule has 0 atom stereocenters. The summed E-state index contributed by atoms with van der Waals surface area (Å²) in [5.74, 6) is -0.367. The van der Waals surface area contributed by atoms with Crippen molar-refractivity contribution in [2.24, 2.45) is 0 Å². The average Bonchev–Trinajstić information content (AvgIpc) is 2.43. The topological polar surface area (TPSA) is 34.2 Å². The van der Waals surface area contributed by atoms with Gasteiger partial charge in [0, 0.05) is 35.4 Å². The van der Waals surface area contributed by atoms with Gasteiger partial charge in [-0.2, -0.15) is 0 Å². The standard InChI is InChI=1S/C15H15Cl2FN2O/c1-9(2)20-8-10-5-6-19-15(14(10)18)21-13-7-11(16)3-4-12(13)17/h3-7,9,20H,8H2,1-2H3. The number of rotatable bonds is 5. The summed E-state index contributed by atoms with van der Waals surface area (Å²) in [6.07, 6.45) is 1.49. The minimum Gasteiger partial charge on any atom is -0.435 e. The lowest BCUT2D eigenvalue weighted by Gasteiger charge is -2.12. The highest BCUT2D eigenvalue weighted by Crippen LogP contribution is 2.32. The Labute approximate surface area is 133 Å². The first-order valence-electron chi connectivity index (χ1n) is 6.47. The van der Waals surface area contributed by atoms with E-state index < -0.39 is 5.82 Å². The van der Waals surface area contributed by atoms with E-state index in [-0.39, 0.29) is 17.7 Å². The number of hydrogen-bond acceptors (Lipinski definition) is 3. The molecule has 1 N–H and O–H groups in total. The Bertz CT molecular complexity index is 635. The summed E-state index contributed by atoms with van der Waals surface area (Å²) in [6, 6.07) is 6.59. The number of nitrogens with zero attached hydrogens (tertiary/aromatic N) is 1. The molecule has 6 heteroatoms. The Morgan fingerprint density at radius 3 is 2.76 bits per heavy atom. The van der Waals surface area contributed by atoms with E-state index in [1.165, 1.54) is 12.3 Å². The Balaban J connectivity index is 2.24. The fourth-order valence-electron chi connectivity index (χ4n) is 1.64. The zero-order valence-electron chi connectivity index (χ0n) is 11.7. The van der Waals surface area contributed by atoms with Gasteiger partial charge >= 0.3 is 0 Å². The molecule has 0 bridgehead atoms. The molecule has 0 spiro atoms. The van der Waals surface area contributed by atoms with Crippen molar-refractivity contribution in [3.8, 4) is 11.6 Å². The van der Waals surface area contributed by atoms with E-state index in [1.807, 2.05) is 13.8 Å². The predicted octanol–water partition coefficient (Wildman–Crippen LogP) is 4.82. The second-order valence-electron chi connectivity index (χ2n) is 4.80. The fraction of sp³-hybridized carbons (Fsp3) is 0.267. The first-order chi connectivity index (χ1) is 9.97. The smallest absolute Gasteiger partial charge is 0.256 e. The molecule has 0 unspecified atom stereocenters. The molecule has 2 rings (SSSR count). The van der Waals surface area contributed by atoms with Crippen LogP contribution in [0, 0.1) is 5.82 Å². The van der Waals surface area contributed by atoms with Gasteiger partial charge in [0.1, 0.15) is 5.75 Å². The van der Waals surface area contributed by atoms with Gasteiger partial charge in [0.05, 0.1) is 5.02 Å². The highest BCUT2D eigenvalue weighted by molar-refractivity contribution is 6.34. The molecule has 1 aromatic carbocycles. The van der Waals surface area contributed by atoms with Gasteiger partial charge in [-0.15, -0.1) is 0 Å². The highest BCUT2D eigenvalue weighted by Gasteiger charge is 2.13. The second kappa shape index (κ2) is 7.07. The SMILES string of the molecule is CC(C)NCc1ccnc(Oc2cc(Cl)ccc2Cl)c1F. The van der Waals surface area contributed by atoms with Crippen LogP contribution in [0.5, 0.6) is 11.6 Å². The Morgan fingerprint density at radius 1 is 1.29 bits per heavy atom. The van der Waals surface area contributed by atoms with E-state index in [0.29, 0.717) is 22.2 Å². The molecule has 0 aliphatic rings. The molecule has 0 fully saturated rings. The van der Waals surface area contributed by atoms with Gasteiger partial charge in [-0.3, -0.25) is 0 Å². The lowest BCUT2D eigenvalue weighted by atomic mass is 10.2. The molecule has 1 aromatic heterocycles. The predicted molar refractivity (Wildman–Crippen MR) is 82.7 cm³/mol. The molecular weight excluding hydrogens is 314 g/mol. The van der Waals surface area contributed by atoms with Crippen LogP contribution in [0.25, 0.3) is 0 Å². The van der Waals surface area contributed by atoms with Crippen LogP contribution in [0.15, 0.2) is 30.5 Å². The number of benzene rings is 1. The van der Waals surface area contributed by atoms with Crippen LogP contribution in [-0.4, -0.2) is 11.0 Å². The minimum atomic E-state index is -0.512. The van der Waals surface area contributed by atoms with Gasteiger partial charge in [0.2, 0.25) is 0 Å². The van der Waals surface area contributed by atoms with Gasteiger partial charge < -0.3 is 10.1 Å². The lowest BCUT2D eigenvalue weighted by molar-refractivity contribution is 0.416. The van der Waals surface area contributed by atoms with Crippen molar-refractivity contribution in [1.82, 2.24) is 10.3 Å². The summed E-state index contributed by atoms with van der Waals surface area (Å²) in [5.41, 5.74) is 0.479.